The van der Waals surface area contributed by atoms with Crippen LogP contribution in [0.5, 0.6) is 0 Å². The highest BCUT2D eigenvalue weighted by molar-refractivity contribution is 5.99. The zero-order valence-corrected chi connectivity index (χ0v) is 15.1. The second kappa shape index (κ2) is 6.74. The summed E-state index contributed by atoms with van der Waals surface area (Å²) < 4.78 is 2.04. The molecule has 4 aromatic heterocycles. The Morgan fingerprint density at radius 3 is 2.81 bits per heavy atom. The van der Waals surface area contributed by atoms with Gasteiger partial charge in [0, 0.05) is 24.8 Å². The van der Waals surface area contributed by atoms with E-state index in [-0.39, 0.29) is 1.43 Å². The molecule has 0 amide bonds. The van der Waals surface area contributed by atoms with E-state index in [0.29, 0.717) is 11.9 Å². The molecule has 4 aromatic rings. The molecule has 1 aliphatic carbocycles. The van der Waals surface area contributed by atoms with Gasteiger partial charge in [-0.2, -0.15) is 5.10 Å². The number of H-pyrrole nitrogens is 1. The maximum Gasteiger partial charge on any atom is 0.164 e. The predicted molar refractivity (Wildman–Crippen MR) is 106 cm³/mol. The van der Waals surface area contributed by atoms with Crippen LogP contribution >= 0.6 is 0 Å². The highest BCUT2D eigenvalue weighted by atomic mass is 15.3. The molecule has 5 rings (SSSR count). The number of nitrogens with zero attached hydrogens (tertiary/aromatic N) is 5. The lowest BCUT2D eigenvalue weighted by Crippen LogP contribution is -2.07. The minimum absolute atomic E-state index is 0. The minimum Gasteiger partial charge on any atom is -0.383 e. The van der Waals surface area contributed by atoms with Crippen LogP contribution in [-0.2, 0) is 0 Å². The Kier molecular flexibility index (Phi) is 4.28. The van der Waals surface area contributed by atoms with Crippen LogP contribution in [0.2, 0.25) is 0 Å². The normalized spacial score (nSPS) is 14.7. The Balaban J connectivity index is 0.000000680. The lowest BCUT2D eigenvalue weighted by molar-refractivity contribution is 0.479. The van der Waals surface area contributed by atoms with Crippen LogP contribution in [0.15, 0.2) is 30.9 Å². The molecular formula is C19H25N7. The fourth-order valence-electron chi connectivity index (χ4n) is 3.67. The molecule has 0 spiro atoms. The molecule has 136 valence electrons. The molecule has 26 heavy (non-hydrogen) atoms. The molecule has 1 aliphatic rings. The monoisotopic (exact) mass is 351 g/mol. The first-order valence-corrected chi connectivity index (χ1v) is 9.23. The lowest BCUT2D eigenvalue weighted by Gasteiger charge is -2.10. The highest BCUT2D eigenvalue weighted by Gasteiger charge is 2.24. The van der Waals surface area contributed by atoms with Crippen molar-refractivity contribution < 1.29 is 1.43 Å². The predicted octanol–water partition coefficient (Wildman–Crippen LogP) is 4.34. The molecule has 7 nitrogen and oxygen atoms in total. The molecule has 0 aliphatic heterocycles. The summed E-state index contributed by atoms with van der Waals surface area (Å²) in [5.74, 6) is 0.466. The van der Waals surface area contributed by atoms with Crippen molar-refractivity contribution in [3.05, 3.63) is 30.9 Å². The molecule has 1 fully saturated rings. The molecule has 4 heterocycles. The van der Waals surface area contributed by atoms with Crippen LogP contribution < -0.4 is 5.73 Å². The van der Waals surface area contributed by atoms with Gasteiger partial charge in [-0.15, -0.1) is 0 Å². The molecule has 1 saturated carbocycles. The molecule has 0 atom stereocenters. The van der Waals surface area contributed by atoms with Gasteiger partial charge >= 0.3 is 0 Å². The van der Waals surface area contributed by atoms with Crippen molar-refractivity contribution in [2.45, 2.75) is 45.6 Å². The quantitative estimate of drug-likeness (QED) is 0.560. The van der Waals surface area contributed by atoms with Crippen LogP contribution in [0.3, 0.4) is 0 Å². The van der Waals surface area contributed by atoms with Gasteiger partial charge in [0.05, 0.1) is 11.4 Å². The van der Waals surface area contributed by atoms with Gasteiger partial charge in [-0.25, -0.2) is 19.6 Å². The Morgan fingerprint density at radius 1 is 1.19 bits per heavy atom. The van der Waals surface area contributed by atoms with E-state index in [0.717, 1.165) is 46.2 Å². The van der Waals surface area contributed by atoms with Crippen molar-refractivity contribution in [1.82, 2.24) is 29.7 Å². The van der Waals surface area contributed by atoms with Crippen LogP contribution in [0.25, 0.3) is 33.3 Å². The van der Waals surface area contributed by atoms with E-state index in [1.54, 1.807) is 0 Å². The number of anilines is 1. The molecule has 7 heteroatoms. The molecular weight excluding hydrogens is 326 g/mol. The Morgan fingerprint density at radius 2 is 2.00 bits per heavy atom. The third kappa shape index (κ3) is 2.60. The standard InChI is InChI=1S/C17H17N7.C2H6.H2/c18-15-13-14(11-7-10-5-6-19-16(10)20-8-11)23-24(12-3-1-2-4-12)17(13)22-9-21-15;1-2;/h5-9,12H,1-4H2,(H,19,20)(H2,18,21,22);1-2H3;1H. The minimum atomic E-state index is 0. The molecule has 3 N–H and O–H groups in total. The van der Waals surface area contributed by atoms with Crippen LogP contribution in [-0.4, -0.2) is 29.7 Å². The topological polar surface area (TPSA) is 98.3 Å². The Labute approximate surface area is 153 Å². The maximum absolute atomic E-state index is 6.17. The molecule has 0 saturated heterocycles. The number of fused-ring (bicyclic) bond motifs is 2. The number of aromatic nitrogens is 6. The summed E-state index contributed by atoms with van der Waals surface area (Å²) in [5, 5.41) is 6.75. The first-order chi connectivity index (χ1) is 12.8. The van der Waals surface area contributed by atoms with E-state index >= 15 is 0 Å². The second-order valence-corrected chi connectivity index (χ2v) is 6.33. The van der Waals surface area contributed by atoms with Crippen molar-refractivity contribution in [3.63, 3.8) is 0 Å². The number of hydrogen-bond acceptors (Lipinski definition) is 5. The Bertz CT molecular complexity index is 1050. The van der Waals surface area contributed by atoms with Crippen LogP contribution in [0.1, 0.15) is 47.0 Å². The molecule has 0 aromatic carbocycles. The van der Waals surface area contributed by atoms with Gasteiger partial charge in [0.2, 0.25) is 0 Å². The fourth-order valence-corrected chi connectivity index (χ4v) is 3.67. The number of hydrogen-bond donors (Lipinski definition) is 2. The molecule has 0 bridgehead atoms. The first-order valence-electron chi connectivity index (χ1n) is 9.23. The van der Waals surface area contributed by atoms with Crippen molar-refractivity contribution in [1.29, 1.82) is 0 Å². The van der Waals surface area contributed by atoms with Gasteiger partial charge in [-0.05, 0) is 25.0 Å². The fraction of sp³-hybridized carbons (Fsp3) is 0.368. The summed E-state index contributed by atoms with van der Waals surface area (Å²) >= 11 is 0. The van der Waals surface area contributed by atoms with E-state index in [1.165, 1.54) is 19.2 Å². The van der Waals surface area contributed by atoms with Crippen molar-refractivity contribution >= 4 is 27.9 Å². The van der Waals surface area contributed by atoms with Gasteiger partial charge in [0.15, 0.2) is 5.65 Å². The zero-order chi connectivity index (χ0) is 18.1. The average Bonchev–Trinajstić information content (AvgIpc) is 3.41. The highest BCUT2D eigenvalue weighted by Crippen LogP contribution is 2.36. The summed E-state index contributed by atoms with van der Waals surface area (Å²) in [6, 6.07) is 4.47. The van der Waals surface area contributed by atoms with E-state index in [2.05, 4.69) is 26.0 Å². The number of nitrogen functional groups attached to an aromatic ring is 1. The van der Waals surface area contributed by atoms with E-state index in [1.807, 2.05) is 37.0 Å². The smallest absolute Gasteiger partial charge is 0.164 e. The summed E-state index contributed by atoms with van der Waals surface area (Å²) in [6.07, 6.45) is 9.96. The van der Waals surface area contributed by atoms with Crippen LogP contribution in [0, 0.1) is 0 Å². The van der Waals surface area contributed by atoms with Gasteiger partial charge in [-0.3, -0.25) is 0 Å². The van der Waals surface area contributed by atoms with Gasteiger partial charge in [-0.1, -0.05) is 26.7 Å². The van der Waals surface area contributed by atoms with Gasteiger partial charge in [0.25, 0.3) is 0 Å². The summed E-state index contributed by atoms with van der Waals surface area (Å²) in [7, 11) is 0. The van der Waals surface area contributed by atoms with Crippen molar-refractivity contribution in [2.75, 3.05) is 5.73 Å². The number of nitrogens with one attached hydrogen (secondary N) is 1. The molecule has 0 unspecified atom stereocenters. The maximum atomic E-state index is 6.17. The van der Waals surface area contributed by atoms with E-state index in [9.17, 15) is 0 Å². The third-order valence-corrected chi connectivity index (χ3v) is 4.86. The molecule has 0 radical (unpaired) electrons. The first kappa shape index (κ1) is 16.5. The van der Waals surface area contributed by atoms with Crippen LogP contribution in [0.4, 0.5) is 5.82 Å². The zero-order valence-electron chi connectivity index (χ0n) is 15.1. The van der Waals surface area contributed by atoms with Gasteiger partial charge < -0.3 is 10.7 Å². The van der Waals surface area contributed by atoms with Crippen molar-refractivity contribution in [3.8, 4) is 11.3 Å². The number of aromatic amines is 1. The van der Waals surface area contributed by atoms with Crippen molar-refractivity contribution in [2.24, 2.45) is 0 Å². The number of pyridine rings is 1. The lowest BCUT2D eigenvalue weighted by atomic mass is 10.1. The summed E-state index contributed by atoms with van der Waals surface area (Å²) in [6.45, 7) is 4.00. The van der Waals surface area contributed by atoms with E-state index < -0.39 is 0 Å². The summed E-state index contributed by atoms with van der Waals surface area (Å²) in [5.41, 5.74) is 9.60. The summed E-state index contributed by atoms with van der Waals surface area (Å²) in [4.78, 5) is 16.2. The second-order valence-electron chi connectivity index (χ2n) is 6.33. The number of rotatable bonds is 2. The van der Waals surface area contributed by atoms with E-state index in [4.69, 9.17) is 10.8 Å². The third-order valence-electron chi connectivity index (χ3n) is 4.86. The average molecular weight is 351 g/mol. The largest absolute Gasteiger partial charge is 0.383 e. The number of nitrogens with two attached hydrogens (primary N) is 1. The van der Waals surface area contributed by atoms with Gasteiger partial charge in [0.1, 0.15) is 23.5 Å². The Hall–Kier alpha value is -2.96. The SMILES string of the molecule is CC.Nc1ncnc2c1c(-c1cnc3[nH]ccc3c1)nn2C1CCCC1.[HH].